The van der Waals surface area contributed by atoms with Crippen molar-refractivity contribution in [3.05, 3.63) is 47.9 Å². The van der Waals surface area contributed by atoms with Gasteiger partial charge in [0.2, 0.25) is 0 Å². The highest BCUT2D eigenvalue weighted by molar-refractivity contribution is 5.77. The van der Waals surface area contributed by atoms with Crippen LogP contribution in [0.25, 0.3) is 17.0 Å². The summed E-state index contributed by atoms with van der Waals surface area (Å²) in [4.78, 5) is 19.3. The normalized spacial score (nSPS) is 10.7. The molecule has 0 bridgehead atoms. The molecule has 0 atom stereocenters. The van der Waals surface area contributed by atoms with Gasteiger partial charge in [-0.2, -0.15) is 0 Å². The summed E-state index contributed by atoms with van der Waals surface area (Å²) in [6.07, 6.45) is 5.92. The molecule has 0 spiro atoms. The lowest BCUT2D eigenvalue weighted by molar-refractivity contribution is 0.112. The van der Waals surface area contributed by atoms with E-state index in [1.807, 2.05) is 25.1 Å². The molecular formula is C13H10N4O. The van der Waals surface area contributed by atoms with Crippen molar-refractivity contribution in [3.8, 4) is 11.4 Å². The van der Waals surface area contributed by atoms with Gasteiger partial charge in [-0.3, -0.25) is 9.78 Å². The molecule has 3 rings (SSSR count). The molecule has 0 aliphatic rings. The van der Waals surface area contributed by atoms with Gasteiger partial charge >= 0.3 is 0 Å². The fraction of sp³-hybridized carbons (Fsp3) is 0.0769. The van der Waals surface area contributed by atoms with Crippen LogP contribution in [0.15, 0.2) is 36.8 Å². The number of aryl methyl sites for hydroxylation is 1. The van der Waals surface area contributed by atoms with Gasteiger partial charge in [0, 0.05) is 29.7 Å². The lowest BCUT2D eigenvalue weighted by Crippen LogP contribution is -1.94. The van der Waals surface area contributed by atoms with Gasteiger partial charge < -0.3 is 0 Å². The number of fused-ring (bicyclic) bond motifs is 1. The van der Waals surface area contributed by atoms with E-state index in [1.165, 1.54) is 0 Å². The van der Waals surface area contributed by atoms with Crippen LogP contribution in [0.4, 0.5) is 0 Å². The van der Waals surface area contributed by atoms with Crippen LogP contribution >= 0.6 is 0 Å². The topological polar surface area (TPSA) is 60.1 Å². The molecule has 88 valence electrons. The number of pyridine rings is 2. The molecule has 0 amide bonds. The van der Waals surface area contributed by atoms with Gasteiger partial charge in [0.25, 0.3) is 0 Å². The molecule has 3 aromatic rings. The van der Waals surface area contributed by atoms with Gasteiger partial charge in [-0.15, -0.1) is 5.10 Å². The molecule has 0 aliphatic carbocycles. The summed E-state index contributed by atoms with van der Waals surface area (Å²) in [6.45, 7) is 1.88. The predicted octanol–water partition coefficient (Wildman–Crippen LogP) is 1.91. The number of aldehydes is 1. The summed E-state index contributed by atoms with van der Waals surface area (Å²) in [6, 6.07) is 5.58. The van der Waals surface area contributed by atoms with Crippen LogP contribution in [0.5, 0.6) is 0 Å². The van der Waals surface area contributed by atoms with E-state index in [1.54, 1.807) is 23.1 Å². The molecule has 0 aromatic carbocycles. The van der Waals surface area contributed by atoms with Crippen LogP contribution < -0.4 is 0 Å². The number of hydrogen-bond acceptors (Lipinski definition) is 4. The van der Waals surface area contributed by atoms with Crippen molar-refractivity contribution in [3.63, 3.8) is 0 Å². The Kier molecular flexibility index (Phi) is 2.37. The van der Waals surface area contributed by atoms with Gasteiger partial charge in [0.1, 0.15) is 0 Å². The Morgan fingerprint density at radius 2 is 2.28 bits per heavy atom. The zero-order valence-corrected chi connectivity index (χ0v) is 9.74. The summed E-state index contributed by atoms with van der Waals surface area (Å²) in [5, 5.41) is 4.34. The van der Waals surface area contributed by atoms with Crippen LogP contribution in [-0.2, 0) is 0 Å². The van der Waals surface area contributed by atoms with Crippen molar-refractivity contribution in [1.82, 2.24) is 19.6 Å². The molecule has 0 N–H and O–H groups in total. The third-order valence-electron chi connectivity index (χ3n) is 2.77. The Morgan fingerprint density at radius 3 is 3.00 bits per heavy atom. The number of carbonyl (C=O) groups is 1. The third-order valence-corrected chi connectivity index (χ3v) is 2.77. The Bertz CT molecular complexity index is 718. The lowest BCUT2D eigenvalue weighted by atomic mass is 10.2. The molecular weight excluding hydrogens is 228 g/mol. The molecule has 0 saturated heterocycles. The van der Waals surface area contributed by atoms with E-state index in [0.29, 0.717) is 11.4 Å². The van der Waals surface area contributed by atoms with Crippen molar-refractivity contribution in [2.24, 2.45) is 0 Å². The maximum absolute atomic E-state index is 10.9. The molecule has 0 aliphatic heterocycles. The minimum atomic E-state index is 0.602. The van der Waals surface area contributed by atoms with Crippen molar-refractivity contribution in [1.29, 1.82) is 0 Å². The number of hydrogen-bond donors (Lipinski definition) is 0. The fourth-order valence-electron chi connectivity index (χ4n) is 1.78. The Hall–Kier alpha value is -2.56. The first-order chi connectivity index (χ1) is 8.78. The first kappa shape index (κ1) is 10.6. The summed E-state index contributed by atoms with van der Waals surface area (Å²) in [5.74, 6) is 0.602. The van der Waals surface area contributed by atoms with Crippen LogP contribution in [0.2, 0.25) is 0 Å². The molecule has 0 fully saturated rings. The van der Waals surface area contributed by atoms with E-state index in [9.17, 15) is 4.79 Å². The minimum Gasteiger partial charge on any atom is -0.298 e. The zero-order chi connectivity index (χ0) is 12.5. The second kappa shape index (κ2) is 4.03. The highest BCUT2D eigenvalue weighted by Gasteiger charge is 2.08. The highest BCUT2D eigenvalue weighted by Crippen LogP contribution is 2.16. The van der Waals surface area contributed by atoms with E-state index in [0.717, 1.165) is 23.1 Å². The molecule has 0 radical (unpaired) electrons. The van der Waals surface area contributed by atoms with Crippen molar-refractivity contribution < 1.29 is 4.79 Å². The third kappa shape index (κ3) is 1.66. The maximum Gasteiger partial charge on any atom is 0.183 e. The average molecular weight is 238 g/mol. The van der Waals surface area contributed by atoms with Crippen molar-refractivity contribution >= 4 is 11.9 Å². The first-order valence-corrected chi connectivity index (χ1v) is 5.50. The van der Waals surface area contributed by atoms with Crippen LogP contribution in [0.1, 0.15) is 15.9 Å². The molecule has 3 aromatic heterocycles. The number of carbonyl (C=O) groups excluding carboxylic acids is 1. The van der Waals surface area contributed by atoms with E-state index >= 15 is 0 Å². The number of rotatable bonds is 2. The SMILES string of the molecule is Cc1cc2nc(-c3cccnc3)nn2cc1C=O. The molecule has 0 unspecified atom stereocenters. The minimum absolute atomic E-state index is 0.602. The van der Waals surface area contributed by atoms with Crippen molar-refractivity contribution in [2.45, 2.75) is 6.92 Å². The quantitative estimate of drug-likeness (QED) is 0.640. The van der Waals surface area contributed by atoms with E-state index in [-0.39, 0.29) is 0 Å². The second-order valence-corrected chi connectivity index (χ2v) is 4.01. The van der Waals surface area contributed by atoms with E-state index in [4.69, 9.17) is 0 Å². The van der Waals surface area contributed by atoms with Gasteiger partial charge in [-0.05, 0) is 30.7 Å². The Labute approximate surface area is 103 Å². The number of aromatic nitrogens is 4. The van der Waals surface area contributed by atoms with E-state index in [2.05, 4.69) is 15.1 Å². The molecule has 0 saturated carbocycles. The van der Waals surface area contributed by atoms with Crippen LogP contribution in [-0.4, -0.2) is 25.9 Å². The Balaban J connectivity index is 2.20. The Morgan fingerprint density at radius 1 is 1.39 bits per heavy atom. The smallest absolute Gasteiger partial charge is 0.183 e. The first-order valence-electron chi connectivity index (χ1n) is 5.50. The summed E-state index contributed by atoms with van der Waals surface area (Å²) in [5.41, 5.74) is 3.08. The zero-order valence-electron chi connectivity index (χ0n) is 9.74. The monoisotopic (exact) mass is 238 g/mol. The van der Waals surface area contributed by atoms with Crippen molar-refractivity contribution in [2.75, 3.05) is 0 Å². The summed E-state index contributed by atoms with van der Waals surface area (Å²) in [7, 11) is 0. The van der Waals surface area contributed by atoms with E-state index < -0.39 is 0 Å². The number of nitrogens with zero attached hydrogens (tertiary/aromatic N) is 4. The summed E-state index contributed by atoms with van der Waals surface area (Å²) < 4.78 is 1.61. The molecule has 5 nitrogen and oxygen atoms in total. The van der Waals surface area contributed by atoms with Crippen LogP contribution in [0.3, 0.4) is 0 Å². The molecule has 5 heteroatoms. The van der Waals surface area contributed by atoms with Gasteiger partial charge in [0.05, 0.1) is 0 Å². The van der Waals surface area contributed by atoms with Gasteiger partial charge in [0.15, 0.2) is 17.8 Å². The standard InChI is InChI=1S/C13H10N4O/c1-9-5-12-15-13(10-3-2-4-14-6-10)16-17(12)7-11(9)8-18/h2-8H,1H3. The van der Waals surface area contributed by atoms with Crippen LogP contribution in [0, 0.1) is 6.92 Å². The lowest BCUT2D eigenvalue weighted by Gasteiger charge is -1.97. The van der Waals surface area contributed by atoms with Gasteiger partial charge in [-0.25, -0.2) is 9.50 Å². The predicted molar refractivity (Wildman–Crippen MR) is 66.3 cm³/mol. The highest BCUT2D eigenvalue weighted by atomic mass is 16.1. The summed E-state index contributed by atoms with van der Waals surface area (Å²) >= 11 is 0. The maximum atomic E-state index is 10.9. The molecule has 3 heterocycles. The average Bonchev–Trinajstić information content (AvgIpc) is 2.81. The fourth-order valence-corrected chi connectivity index (χ4v) is 1.78. The largest absolute Gasteiger partial charge is 0.298 e. The van der Waals surface area contributed by atoms with Gasteiger partial charge in [-0.1, -0.05) is 0 Å². The molecule has 18 heavy (non-hydrogen) atoms. The second-order valence-electron chi connectivity index (χ2n) is 4.01.